The molecule has 0 aliphatic carbocycles. The van der Waals surface area contributed by atoms with Crippen molar-refractivity contribution in [3.05, 3.63) is 76.9 Å². The zero-order valence-electron chi connectivity index (χ0n) is 21.0. The van der Waals surface area contributed by atoms with Gasteiger partial charge in [0.1, 0.15) is 23.0 Å². The molecule has 0 atom stereocenters. The third-order valence-electron chi connectivity index (χ3n) is 5.95. The number of carbonyl (C=O) groups is 1. The number of carbonyl (C=O) groups excluding carboxylic acids is 1. The van der Waals surface area contributed by atoms with E-state index in [2.05, 4.69) is 27.3 Å². The number of phenols is 2. The van der Waals surface area contributed by atoms with Crippen molar-refractivity contribution >= 4 is 29.0 Å². The molecular weight excluding hydrogens is 522 g/mol. The molecule has 5 rings (SSSR count). The van der Waals surface area contributed by atoms with Gasteiger partial charge in [-0.15, -0.1) is 12.3 Å². The number of thiocarbonyl (C=S) groups is 1. The lowest BCUT2D eigenvalue weighted by Gasteiger charge is -2.36. The molecule has 0 amide bonds. The molecule has 0 aromatic heterocycles. The minimum Gasteiger partial charge on any atom is -0.508 e. The third kappa shape index (κ3) is 5.59. The van der Waals surface area contributed by atoms with Crippen molar-refractivity contribution in [3.63, 3.8) is 0 Å². The van der Waals surface area contributed by atoms with E-state index in [9.17, 15) is 15.0 Å². The molecule has 0 fully saturated rings. The van der Waals surface area contributed by atoms with Gasteiger partial charge in [0, 0.05) is 47.5 Å². The Kier molecular flexibility index (Phi) is 8.53. The maximum absolute atomic E-state index is 13.2. The fraction of sp³-hybridized carbons (Fsp3) is 0.214. The van der Waals surface area contributed by atoms with Gasteiger partial charge in [0.15, 0.2) is 10.7 Å². The van der Waals surface area contributed by atoms with E-state index in [0.29, 0.717) is 70.7 Å². The smallest absolute Gasteiger partial charge is 0.340 e. The van der Waals surface area contributed by atoms with Gasteiger partial charge in [-0.05, 0) is 48.6 Å². The summed E-state index contributed by atoms with van der Waals surface area (Å²) in [6.07, 6.45) is 5.75. The number of anilines is 1. The average molecular weight is 550 g/mol. The van der Waals surface area contributed by atoms with Crippen LogP contribution in [-0.4, -0.2) is 48.2 Å². The number of hydrogen-bond donors (Lipinski definition) is 5. The second-order valence-electron chi connectivity index (χ2n) is 8.48. The topological polar surface area (TPSA) is 145 Å². The lowest BCUT2D eigenvalue weighted by atomic mass is 9.77. The molecule has 2 aliphatic heterocycles. The Morgan fingerprint density at radius 1 is 1.05 bits per heavy atom. The van der Waals surface area contributed by atoms with Crippen molar-refractivity contribution in [1.29, 1.82) is 0 Å². The normalized spacial score (nSPS) is 13.4. The van der Waals surface area contributed by atoms with Crippen molar-refractivity contribution in [2.45, 2.75) is 12.0 Å². The Labute approximate surface area is 230 Å². The van der Waals surface area contributed by atoms with E-state index in [1.807, 2.05) is 0 Å². The Morgan fingerprint density at radius 3 is 2.28 bits per heavy atom. The number of nitrogens with two attached hydrogens (primary N) is 1. The lowest BCUT2D eigenvalue weighted by Crippen LogP contribution is -2.33. The van der Waals surface area contributed by atoms with E-state index in [1.165, 1.54) is 31.4 Å². The highest BCUT2D eigenvalue weighted by Crippen LogP contribution is 2.57. The van der Waals surface area contributed by atoms with Gasteiger partial charge in [0.25, 0.3) is 0 Å². The molecule has 6 N–H and O–H groups in total. The summed E-state index contributed by atoms with van der Waals surface area (Å²) in [5, 5.41) is 26.5. The molecule has 3 aromatic rings. The molecule has 0 unspecified atom stereocenters. The van der Waals surface area contributed by atoms with Crippen LogP contribution in [0.5, 0.6) is 23.0 Å². The Bertz CT molecular complexity index is 1390. The molecule has 0 saturated carbocycles. The number of esters is 1. The van der Waals surface area contributed by atoms with Gasteiger partial charge in [-0.25, -0.2) is 10.7 Å². The van der Waals surface area contributed by atoms with Crippen LogP contribution in [0, 0.1) is 12.3 Å². The predicted octanol–water partition coefficient (Wildman–Crippen LogP) is 3.50. The summed E-state index contributed by atoms with van der Waals surface area (Å²) in [5.74, 6) is 6.99. The highest BCUT2D eigenvalue weighted by molar-refractivity contribution is 7.80. The Balaban J connectivity index is 0.00000112. The van der Waals surface area contributed by atoms with Crippen LogP contribution < -0.4 is 21.3 Å². The van der Waals surface area contributed by atoms with Crippen molar-refractivity contribution in [3.8, 4) is 35.3 Å². The van der Waals surface area contributed by atoms with E-state index >= 15 is 0 Å². The Hall–Kier alpha value is -4.34. The predicted molar refractivity (Wildman–Crippen MR) is 148 cm³/mol. The number of hydrogen-bond acceptors (Lipinski definition) is 9. The standard InChI is InChI=1S/C27H22N2O6S.CH5NO/c1-2-3-11-33-12-10-28-26(36)29-16-4-7-20-19(13-16)25(32)35-27(20)21-8-5-17(30)14-23(21)34-24-15-18(31)6-9-22(24)27;1-3-2/h1,4-9,13-15,30-31H,3,10-12H2,(H2,28,29,36);2H2,1H3. The number of ether oxygens (including phenoxy) is 3. The minimum atomic E-state index is -1.30. The Morgan fingerprint density at radius 2 is 1.67 bits per heavy atom. The van der Waals surface area contributed by atoms with Crippen LogP contribution in [-0.2, 0) is 19.9 Å². The van der Waals surface area contributed by atoms with Crippen molar-refractivity contribution in [1.82, 2.24) is 5.32 Å². The summed E-state index contributed by atoms with van der Waals surface area (Å²) < 4.78 is 17.4. The van der Waals surface area contributed by atoms with Crippen LogP contribution >= 0.6 is 12.2 Å². The van der Waals surface area contributed by atoms with Crippen LogP contribution in [0.4, 0.5) is 5.69 Å². The highest BCUT2D eigenvalue weighted by Gasteiger charge is 2.53. The fourth-order valence-electron chi connectivity index (χ4n) is 4.43. The zero-order valence-corrected chi connectivity index (χ0v) is 21.8. The van der Waals surface area contributed by atoms with Crippen molar-refractivity contribution in [2.75, 3.05) is 32.2 Å². The van der Waals surface area contributed by atoms with Crippen LogP contribution in [0.1, 0.15) is 33.5 Å². The monoisotopic (exact) mass is 549 g/mol. The van der Waals surface area contributed by atoms with Crippen molar-refractivity contribution < 1.29 is 34.1 Å². The molecule has 0 radical (unpaired) electrons. The molecule has 2 aliphatic rings. The van der Waals surface area contributed by atoms with Crippen molar-refractivity contribution in [2.24, 2.45) is 5.90 Å². The zero-order chi connectivity index (χ0) is 28.0. The average Bonchev–Trinajstić information content (AvgIpc) is 3.18. The first kappa shape index (κ1) is 27.7. The fourth-order valence-corrected chi connectivity index (χ4v) is 4.65. The summed E-state index contributed by atoms with van der Waals surface area (Å²) >= 11 is 5.35. The summed E-state index contributed by atoms with van der Waals surface area (Å²) in [6.45, 7) is 1.44. The van der Waals surface area contributed by atoms with Gasteiger partial charge in [-0.2, -0.15) is 0 Å². The van der Waals surface area contributed by atoms with Crippen LogP contribution in [0.15, 0.2) is 54.6 Å². The number of fused-ring (bicyclic) bond motifs is 6. The molecule has 10 nitrogen and oxygen atoms in total. The number of nitrogens with one attached hydrogen (secondary N) is 2. The molecule has 0 saturated heterocycles. The van der Waals surface area contributed by atoms with E-state index in [-0.39, 0.29) is 11.5 Å². The maximum atomic E-state index is 13.2. The van der Waals surface area contributed by atoms with Gasteiger partial charge in [-0.1, -0.05) is 6.07 Å². The van der Waals surface area contributed by atoms with Gasteiger partial charge in [0.2, 0.25) is 0 Å². The first-order valence-electron chi connectivity index (χ1n) is 11.9. The van der Waals surface area contributed by atoms with E-state index in [1.54, 1.807) is 30.3 Å². The second kappa shape index (κ2) is 12.0. The van der Waals surface area contributed by atoms with E-state index < -0.39 is 11.6 Å². The van der Waals surface area contributed by atoms with Crippen LogP contribution in [0.25, 0.3) is 0 Å². The van der Waals surface area contributed by atoms with Gasteiger partial charge in [0.05, 0.1) is 25.9 Å². The molecular formula is C28H27N3O7S. The summed E-state index contributed by atoms with van der Waals surface area (Å²) in [6, 6.07) is 14.5. The number of aromatic hydroxyl groups is 2. The molecule has 39 heavy (non-hydrogen) atoms. The third-order valence-corrected chi connectivity index (χ3v) is 6.20. The van der Waals surface area contributed by atoms with Gasteiger partial charge >= 0.3 is 5.97 Å². The summed E-state index contributed by atoms with van der Waals surface area (Å²) in [7, 11) is 1.40. The van der Waals surface area contributed by atoms with Gasteiger partial charge in [-0.3, -0.25) is 0 Å². The first-order chi connectivity index (χ1) is 18.8. The first-order valence-corrected chi connectivity index (χ1v) is 12.3. The van der Waals surface area contributed by atoms with E-state index in [4.69, 9.17) is 32.9 Å². The number of rotatable bonds is 6. The number of phenolic OH excluding ortho intramolecular Hbond substituents is 2. The summed E-state index contributed by atoms with van der Waals surface area (Å²) in [4.78, 5) is 16.9. The largest absolute Gasteiger partial charge is 0.508 e. The highest BCUT2D eigenvalue weighted by atomic mass is 32.1. The SMILES string of the molecule is C#CCCOCCNC(=S)Nc1ccc2c(c1)C(=O)OC21c2ccc(O)cc2Oc2cc(O)ccc21.CON. The van der Waals surface area contributed by atoms with Crippen LogP contribution in [0.2, 0.25) is 0 Å². The second-order valence-corrected chi connectivity index (χ2v) is 8.89. The quantitative estimate of drug-likeness (QED) is 0.101. The molecule has 0 bridgehead atoms. The van der Waals surface area contributed by atoms with Crippen LogP contribution in [0.3, 0.4) is 0 Å². The molecule has 11 heteroatoms. The molecule has 1 spiro atoms. The minimum absolute atomic E-state index is 0.000873. The van der Waals surface area contributed by atoms with Gasteiger partial charge < -0.3 is 39.9 Å². The lowest BCUT2D eigenvalue weighted by molar-refractivity contribution is 0.0224. The molecule has 202 valence electrons. The summed E-state index contributed by atoms with van der Waals surface area (Å²) in [5.41, 5.74) is 1.41. The molecule has 3 aromatic carbocycles. The van der Waals surface area contributed by atoms with E-state index in [0.717, 1.165) is 0 Å². The number of terminal acetylenes is 1. The molecule has 2 heterocycles. The number of benzene rings is 3. The maximum Gasteiger partial charge on any atom is 0.340 e.